The summed E-state index contributed by atoms with van der Waals surface area (Å²) < 4.78 is 0. The van der Waals surface area contributed by atoms with E-state index in [1.165, 1.54) is 4.90 Å². The number of fused-ring (bicyclic) bond motifs is 1. The number of nitrogens with one attached hydrogen (secondary N) is 2. The van der Waals surface area contributed by atoms with Gasteiger partial charge in [-0.2, -0.15) is 0 Å². The predicted octanol–water partition coefficient (Wildman–Crippen LogP) is 0.817. The van der Waals surface area contributed by atoms with Gasteiger partial charge in [0.25, 0.3) is 0 Å². The molecule has 0 saturated carbocycles. The molecule has 2 rings (SSSR count). The van der Waals surface area contributed by atoms with Crippen molar-refractivity contribution in [3.63, 3.8) is 0 Å². The zero-order chi connectivity index (χ0) is 15.2. The first kappa shape index (κ1) is 15.3. The monoisotopic (exact) mass is 291 g/mol. The summed E-state index contributed by atoms with van der Waals surface area (Å²) in [6.45, 7) is 1.68. The lowest BCUT2D eigenvalue weighted by Crippen LogP contribution is -2.52. The van der Waals surface area contributed by atoms with Crippen molar-refractivity contribution in [3.05, 3.63) is 35.4 Å². The molecule has 0 saturated heterocycles. The van der Waals surface area contributed by atoms with Gasteiger partial charge in [-0.05, 0) is 31.1 Å². The number of benzene rings is 1. The van der Waals surface area contributed by atoms with Crippen LogP contribution in [0.15, 0.2) is 24.3 Å². The van der Waals surface area contributed by atoms with Gasteiger partial charge < -0.3 is 20.6 Å². The summed E-state index contributed by atoms with van der Waals surface area (Å²) in [6.07, 6.45) is 1.17. The van der Waals surface area contributed by atoms with Crippen LogP contribution in [0.4, 0.5) is 4.79 Å². The Labute approximate surface area is 124 Å². The minimum absolute atomic E-state index is 0.312. The summed E-state index contributed by atoms with van der Waals surface area (Å²) in [5.74, 6) is -0.963. The number of hydrogen-bond donors (Lipinski definition) is 3. The van der Waals surface area contributed by atoms with E-state index in [0.717, 1.165) is 24.1 Å². The lowest BCUT2D eigenvalue weighted by molar-refractivity contribution is -0.142. The molecule has 1 aromatic carbocycles. The topological polar surface area (TPSA) is 81.7 Å². The fourth-order valence-corrected chi connectivity index (χ4v) is 2.52. The average Bonchev–Trinajstić information content (AvgIpc) is 2.50. The molecular formula is C15H21N3O3. The quantitative estimate of drug-likeness (QED) is 0.701. The molecule has 1 heterocycles. The van der Waals surface area contributed by atoms with Crippen molar-refractivity contribution in [1.82, 2.24) is 15.5 Å². The van der Waals surface area contributed by atoms with Crippen LogP contribution in [0.5, 0.6) is 0 Å². The van der Waals surface area contributed by atoms with Crippen molar-refractivity contribution in [2.75, 3.05) is 20.1 Å². The third-order valence-corrected chi connectivity index (χ3v) is 3.67. The third-order valence-electron chi connectivity index (χ3n) is 3.67. The van der Waals surface area contributed by atoms with Crippen LogP contribution in [0.2, 0.25) is 0 Å². The highest BCUT2D eigenvalue weighted by Crippen LogP contribution is 2.23. The van der Waals surface area contributed by atoms with E-state index in [2.05, 4.69) is 10.6 Å². The van der Waals surface area contributed by atoms with E-state index in [1.807, 2.05) is 31.3 Å². The lowest BCUT2D eigenvalue weighted by Gasteiger charge is -2.34. The van der Waals surface area contributed by atoms with Crippen molar-refractivity contribution < 1.29 is 14.7 Å². The number of urea groups is 1. The van der Waals surface area contributed by atoms with Crippen LogP contribution >= 0.6 is 0 Å². The molecule has 2 amide bonds. The second-order valence-electron chi connectivity index (χ2n) is 5.14. The van der Waals surface area contributed by atoms with E-state index in [9.17, 15) is 14.7 Å². The number of carbonyl (C=O) groups excluding carboxylic acids is 1. The second-order valence-corrected chi connectivity index (χ2v) is 5.14. The van der Waals surface area contributed by atoms with Gasteiger partial charge >= 0.3 is 12.0 Å². The van der Waals surface area contributed by atoms with Crippen LogP contribution in [0.25, 0.3) is 0 Å². The molecule has 114 valence electrons. The van der Waals surface area contributed by atoms with Crippen LogP contribution in [0.3, 0.4) is 0 Å². The predicted molar refractivity (Wildman–Crippen MR) is 79.1 cm³/mol. The highest BCUT2D eigenvalue weighted by molar-refractivity contribution is 5.83. The van der Waals surface area contributed by atoms with Gasteiger partial charge in [-0.25, -0.2) is 9.59 Å². The standard InChI is InChI=1S/C15H21N3O3/c1-16-7-4-8-17-15(21)18-10-12-6-3-2-5-11(12)9-13(18)14(19)20/h2-3,5-6,13,16H,4,7-10H2,1H3,(H,17,21)(H,19,20)/t13-/m0/s1. The molecule has 0 aliphatic carbocycles. The largest absolute Gasteiger partial charge is 0.480 e. The Morgan fingerprint density at radius 3 is 2.67 bits per heavy atom. The number of rotatable bonds is 5. The molecule has 6 nitrogen and oxygen atoms in total. The lowest BCUT2D eigenvalue weighted by atomic mass is 9.94. The van der Waals surface area contributed by atoms with Gasteiger partial charge in [0.2, 0.25) is 0 Å². The third kappa shape index (κ3) is 3.72. The van der Waals surface area contributed by atoms with E-state index >= 15 is 0 Å². The fourth-order valence-electron chi connectivity index (χ4n) is 2.52. The Kier molecular flexibility index (Phi) is 5.16. The molecule has 1 atom stereocenters. The van der Waals surface area contributed by atoms with E-state index in [-0.39, 0.29) is 6.03 Å². The number of carbonyl (C=O) groups is 2. The first-order valence-electron chi connectivity index (χ1n) is 7.12. The van der Waals surface area contributed by atoms with Crippen molar-refractivity contribution in [2.24, 2.45) is 0 Å². The molecule has 1 aromatic rings. The second kappa shape index (κ2) is 7.08. The molecule has 3 N–H and O–H groups in total. The Bertz CT molecular complexity index is 519. The van der Waals surface area contributed by atoms with Crippen LogP contribution in [0.1, 0.15) is 17.5 Å². The smallest absolute Gasteiger partial charge is 0.326 e. The van der Waals surface area contributed by atoms with E-state index in [1.54, 1.807) is 0 Å². The Morgan fingerprint density at radius 1 is 1.29 bits per heavy atom. The van der Waals surface area contributed by atoms with Gasteiger partial charge in [-0.15, -0.1) is 0 Å². The number of carboxylic acid groups (broad SMARTS) is 1. The maximum absolute atomic E-state index is 12.2. The molecule has 0 fully saturated rings. The molecule has 0 unspecified atom stereocenters. The summed E-state index contributed by atoms with van der Waals surface area (Å²) in [7, 11) is 1.85. The van der Waals surface area contributed by atoms with Crippen molar-refractivity contribution in [3.8, 4) is 0 Å². The van der Waals surface area contributed by atoms with Gasteiger partial charge in [0.1, 0.15) is 6.04 Å². The van der Waals surface area contributed by atoms with Crippen LogP contribution in [-0.4, -0.2) is 48.2 Å². The Hall–Kier alpha value is -2.08. The minimum Gasteiger partial charge on any atom is -0.480 e. The van der Waals surface area contributed by atoms with Gasteiger partial charge in [-0.1, -0.05) is 24.3 Å². The van der Waals surface area contributed by atoms with Crippen LogP contribution < -0.4 is 10.6 Å². The molecule has 6 heteroatoms. The first-order chi connectivity index (χ1) is 10.1. The summed E-state index contributed by atoms with van der Waals surface area (Å²) in [6, 6.07) is 6.55. The zero-order valence-corrected chi connectivity index (χ0v) is 12.1. The molecule has 1 aliphatic rings. The zero-order valence-electron chi connectivity index (χ0n) is 12.1. The molecule has 0 aromatic heterocycles. The summed E-state index contributed by atoms with van der Waals surface area (Å²) in [5.41, 5.74) is 2.02. The molecule has 1 aliphatic heterocycles. The van der Waals surface area contributed by atoms with Crippen molar-refractivity contribution in [1.29, 1.82) is 0 Å². The van der Waals surface area contributed by atoms with Gasteiger partial charge in [0, 0.05) is 19.5 Å². The number of nitrogens with zero attached hydrogens (tertiary/aromatic N) is 1. The van der Waals surface area contributed by atoms with Gasteiger partial charge in [0.15, 0.2) is 0 Å². The average molecular weight is 291 g/mol. The molecule has 0 spiro atoms. The normalized spacial score (nSPS) is 17.2. The minimum atomic E-state index is -0.963. The number of amides is 2. The summed E-state index contributed by atoms with van der Waals surface area (Å²) in [4.78, 5) is 25.0. The highest BCUT2D eigenvalue weighted by Gasteiger charge is 2.34. The van der Waals surface area contributed by atoms with Crippen molar-refractivity contribution in [2.45, 2.75) is 25.4 Å². The molecule has 0 radical (unpaired) electrons. The molecular weight excluding hydrogens is 270 g/mol. The maximum Gasteiger partial charge on any atom is 0.326 e. The van der Waals surface area contributed by atoms with Crippen LogP contribution in [0, 0.1) is 0 Å². The number of aliphatic carboxylic acids is 1. The summed E-state index contributed by atoms with van der Waals surface area (Å²) in [5, 5.41) is 15.1. The van der Waals surface area contributed by atoms with Gasteiger partial charge in [-0.3, -0.25) is 0 Å². The molecule has 0 bridgehead atoms. The van der Waals surface area contributed by atoms with E-state index in [4.69, 9.17) is 0 Å². The van der Waals surface area contributed by atoms with Crippen LogP contribution in [-0.2, 0) is 17.8 Å². The fraction of sp³-hybridized carbons (Fsp3) is 0.467. The summed E-state index contributed by atoms with van der Waals surface area (Å²) >= 11 is 0. The number of carboxylic acids is 1. The Balaban J connectivity index is 2.06. The number of hydrogen-bond acceptors (Lipinski definition) is 3. The SMILES string of the molecule is CNCCCNC(=O)N1Cc2ccccc2C[C@H]1C(=O)O. The Morgan fingerprint density at radius 2 is 2.00 bits per heavy atom. The van der Waals surface area contributed by atoms with Gasteiger partial charge in [0.05, 0.1) is 0 Å². The van der Waals surface area contributed by atoms with E-state index < -0.39 is 12.0 Å². The maximum atomic E-state index is 12.2. The first-order valence-corrected chi connectivity index (χ1v) is 7.12. The van der Waals surface area contributed by atoms with E-state index in [0.29, 0.717) is 19.5 Å². The highest BCUT2D eigenvalue weighted by atomic mass is 16.4. The van der Waals surface area contributed by atoms with Crippen molar-refractivity contribution >= 4 is 12.0 Å². The molecule has 21 heavy (non-hydrogen) atoms.